The Morgan fingerprint density at radius 1 is 1.17 bits per heavy atom. The zero-order valence-electron chi connectivity index (χ0n) is 20.5. The van der Waals surface area contributed by atoms with Gasteiger partial charge in [0.05, 0.1) is 41.0 Å². The Hall–Kier alpha value is -3.07. The molecule has 0 radical (unpaired) electrons. The zero-order chi connectivity index (χ0) is 25.2. The molecule has 1 amide bonds. The smallest absolute Gasteiger partial charge is 0.414 e. The van der Waals surface area contributed by atoms with Gasteiger partial charge in [0.1, 0.15) is 11.4 Å². The third kappa shape index (κ3) is 3.50. The van der Waals surface area contributed by atoms with Gasteiger partial charge in [0.25, 0.3) is 0 Å². The van der Waals surface area contributed by atoms with Gasteiger partial charge in [-0.2, -0.15) is 5.10 Å². The Labute approximate surface area is 214 Å². The molecule has 1 aromatic carbocycles. The number of hydrogen-bond acceptors (Lipinski definition) is 5. The first kappa shape index (κ1) is 23.3. The molecule has 190 valence electrons. The molecule has 3 aliphatic rings. The molecule has 6 rings (SSSR count). The number of nitrogens with zero attached hydrogens (tertiary/aromatic N) is 5. The SMILES string of the molecule is COC(=O)N1c2ccc3c(nc(C4(n5cc(Cl)cn5)CC4)n3C3CCC(C(=O)O)CC3)c2CCC1C. The number of amides is 1. The summed E-state index contributed by atoms with van der Waals surface area (Å²) >= 11 is 6.25. The van der Waals surface area contributed by atoms with Crippen LogP contribution in [0.3, 0.4) is 0 Å². The first-order chi connectivity index (χ1) is 17.3. The number of aliphatic carboxylic acids is 1. The lowest BCUT2D eigenvalue weighted by molar-refractivity contribution is -0.143. The highest BCUT2D eigenvalue weighted by Crippen LogP contribution is 2.52. The van der Waals surface area contributed by atoms with E-state index in [0.717, 1.165) is 66.6 Å². The van der Waals surface area contributed by atoms with Gasteiger partial charge in [0, 0.05) is 23.8 Å². The van der Waals surface area contributed by atoms with Gasteiger partial charge in [0.2, 0.25) is 0 Å². The van der Waals surface area contributed by atoms with Gasteiger partial charge in [0.15, 0.2) is 0 Å². The van der Waals surface area contributed by atoms with E-state index in [9.17, 15) is 14.7 Å². The van der Waals surface area contributed by atoms with Crippen molar-refractivity contribution in [3.63, 3.8) is 0 Å². The molecule has 3 heterocycles. The molecule has 2 aromatic heterocycles. The van der Waals surface area contributed by atoms with Crippen LogP contribution in [0.5, 0.6) is 0 Å². The predicted octanol–water partition coefficient (Wildman–Crippen LogP) is 5.15. The molecular formula is C26H30ClN5O4. The van der Waals surface area contributed by atoms with Gasteiger partial charge < -0.3 is 14.4 Å². The third-order valence-electron chi connectivity index (χ3n) is 8.37. The number of aromatic nitrogens is 4. The van der Waals surface area contributed by atoms with Crippen LogP contribution in [0.1, 0.15) is 69.3 Å². The molecule has 0 spiro atoms. The number of benzene rings is 1. The van der Waals surface area contributed by atoms with Crippen molar-refractivity contribution in [2.75, 3.05) is 12.0 Å². The number of carboxylic acids is 1. The lowest BCUT2D eigenvalue weighted by atomic mass is 9.85. The van der Waals surface area contributed by atoms with E-state index in [-0.39, 0.29) is 29.6 Å². The Bertz CT molecular complexity index is 1350. The van der Waals surface area contributed by atoms with E-state index in [1.807, 2.05) is 23.9 Å². The van der Waals surface area contributed by atoms with Gasteiger partial charge in [-0.15, -0.1) is 0 Å². The van der Waals surface area contributed by atoms with E-state index < -0.39 is 5.97 Å². The second-order valence-corrected chi connectivity index (χ2v) is 10.9. The highest BCUT2D eigenvalue weighted by atomic mass is 35.5. The Morgan fingerprint density at radius 2 is 1.92 bits per heavy atom. The molecule has 2 saturated carbocycles. The predicted molar refractivity (Wildman–Crippen MR) is 135 cm³/mol. The molecule has 1 unspecified atom stereocenters. The number of methoxy groups -OCH3 is 1. The summed E-state index contributed by atoms with van der Waals surface area (Å²) < 4.78 is 9.38. The Balaban J connectivity index is 1.52. The summed E-state index contributed by atoms with van der Waals surface area (Å²) in [6.07, 6.45) is 9.49. The molecule has 3 aromatic rings. The summed E-state index contributed by atoms with van der Waals surface area (Å²) in [6, 6.07) is 4.27. The lowest BCUT2D eigenvalue weighted by Crippen LogP contribution is -2.42. The number of aryl methyl sites for hydroxylation is 1. The van der Waals surface area contributed by atoms with Crippen LogP contribution in [0.15, 0.2) is 24.5 Å². The van der Waals surface area contributed by atoms with Crippen LogP contribution in [0, 0.1) is 5.92 Å². The van der Waals surface area contributed by atoms with E-state index in [2.05, 4.69) is 15.7 Å². The number of rotatable bonds is 4. The van der Waals surface area contributed by atoms with Gasteiger partial charge in [-0.3, -0.25) is 14.4 Å². The standard InChI is InChI=1S/C26H30ClN5O4/c1-15-3-8-19-20(31(15)25(35)36-2)9-10-21-22(19)29-24(26(11-12-26)30-14-17(27)13-28-30)32(21)18-6-4-16(5-7-18)23(33)34/h9-10,13-16,18H,3-8,11-12H2,1-2H3,(H,33,34). The van der Waals surface area contributed by atoms with Crippen molar-refractivity contribution in [3.05, 3.63) is 40.9 Å². The molecule has 2 fully saturated rings. The van der Waals surface area contributed by atoms with Gasteiger partial charge >= 0.3 is 12.1 Å². The number of hydrogen-bond donors (Lipinski definition) is 1. The average molecular weight is 512 g/mol. The number of ether oxygens (including phenoxy) is 1. The number of anilines is 1. The number of imidazole rings is 1. The Kier molecular flexibility index (Phi) is 5.51. The van der Waals surface area contributed by atoms with Crippen molar-refractivity contribution in [2.24, 2.45) is 5.92 Å². The third-order valence-corrected chi connectivity index (χ3v) is 8.56. The first-order valence-corrected chi connectivity index (χ1v) is 13.1. The minimum absolute atomic E-state index is 0.0382. The van der Waals surface area contributed by atoms with Crippen LogP contribution in [0.2, 0.25) is 5.02 Å². The molecule has 0 saturated heterocycles. The number of halogens is 1. The fourth-order valence-corrected chi connectivity index (χ4v) is 6.40. The second-order valence-electron chi connectivity index (χ2n) is 10.4. The summed E-state index contributed by atoms with van der Waals surface area (Å²) in [4.78, 5) is 31.3. The fourth-order valence-electron chi connectivity index (χ4n) is 6.26. The fraction of sp³-hybridized carbons (Fsp3) is 0.538. The molecule has 2 aliphatic carbocycles. The summed E-state index contributed by atoms with van der Waals surface area (Å²) in [6.45, 7) is 2.04. The maximum Gasteiger partial charge on any atom is 0.414 e. The largest absolute Gasteiger partial charge is 0.481 e. The minimum Gasteiger partial charge on any atom is -0.481 e. The molecule has 1 atom stereocenters. The van der Waals surface area contributed by atoms with E-state index in [0.29, 0.717) is 17.9 Å². The van der Waals surface area contributed by atoms with Crippen molar-refractivity contribution in [2.45, 2.75) is 75.9 Å². The van der Waals surface area contributed by atoms with Crippen molar-refractivity contribution >= 4 is 40.4 Å². The zero-order valence-corrected chi connectivity index (χ0v) is 21.2. The summed E-state index contributed by atoms with van der Waals surface area (Å²) in [5.74, 6) is -0.0464. The maximum absolute atomic E-state index is 12.6. The molecule has 10 heteroatoms. The number of carbonyl (C=O) groups excluding carboxylic acids is 1. The normalized spacial score (nSPS) is 25.0. The highest BCUT2D eigenvalue weighted by Gasteiger charge is 2.52. The van der Waals surface area contributed by atoms with E-state index in [1.165, 1.54) is 7.11 Å². The van der Waals surface area contributed by atoms with Gasteiger partial charge in [-0.1, -0.05) is 11.6 Å². The van der Waals surface area contributed by atoms with Crippen LogP contribution in [-0.4, -0.2) is 49.7 Å². The van der Waals surface area contributed by atoms with Gasteiger partial charge in [-0.25, -0.2) is 9.78 Å². The summed E-state index contributed by atoms with van der Waals surface area (Å²) in [7, 11) is 1.41. The van der Waals surface area contributed by atoms with Crippen molar-refractivity contribution < 1.29 is 19.4 Å². The first-order valence-electron chi connectivity index (χ1n) is 12.7. The lowest BCUT2D eigenvalue weighted by Gasteiger charge is -2.34. The molecule has 36 heavy (non-hydrogen) atoms. The quantitative estimate of drug-likeness (QED) is 0.520. The highest BCUT2D eigenvalue weighted by molar-refractivity contribution is 6.30. The number of carboxylic acid groups (broad SMARTS) is 1. The van der Waals surface area contributed by atoms with E-state index in [4.69, 9.17) is 21.3 Å². The topological polar surface area (TPSA) is 102 Å². The summed E-state index contributed by atoms with van der Waals surface area (Å²) in [5, 5.41) is 14.7. The number of fused-ring (bicyclic) bond motifs is 3. The van der Waals surface area contributed by atoms with Crippen LogP contribution < -0.4 is 4.90 Å². The average Bonchev–Trinajstić information content (AvgIpc) is 3.40. The molecule has 0 bridgehead atoms. The van der Waals surface area contributed by atoms with Crippen LogP contribution in [0.25, 0.3) is 11.0 Å². The van der Waals surface area contributed by atoms with Crippen molar-refractivity contribution in [1.29, 1.82) is 0 Å². The molecule has 9 nitrogen and oxygen atoms in total. The monoisotopic (exact) mass is 511 g/mol. The molecule has 1 N–H and O–H groups in total. The van der Waals surface area contributed by atoms with Crippen molar-refractivity contribution in [3.8, 4) is 0 Å². The summed E-state index contributed by atoms with van der Waals surface area (Å²) in [5.41, 5.74) is 3.49. The van der Waals surface area contributed by atoms with Crippen LogP contribution >= 0.6 is 11.6 Å². The van der Waals surface area contributed by atoms with Crippen molar-refractivity contribution in [1.82, 2.24) is 19.3 Å². The Morgan fingerprint density at radius 3 is 2.53 bits per heavy atom. The number of carbonyl (C=O) groups is 2. The van der Waals surface area contributed by atoms with E-state index in [1.54, 1.807) is 11.1 Å². The van der Waals surface area contributed by atoms with Crippen LogP contribution in [-0.2, 0) is 21.5 Å². The minimum atomic E-state index is -0.708. The maximum atomic E-state index is 12.6. The molecular weight excluding hydrogens is 482 g/mol. The van der Waals surface area contributed by atoms with Gasteiger partial charge in [-0.05, 0) is 70.4 Å². The van der Waals surface area contributed by atoms with Crippen LogP contribution in [0.4, 0.5) is 10.5 Å². The van der Waals surface area contributed by atoms with E-state index >= 15 is 0 Å². The molecule has 1 aliphatic heterocycles. The second kappa shape index (κ2) is 8.50.